The number of rotatable bonds is 2. The van der Waals surface area contributed by atoms with Crippen molar-refractivity contribution < 1.29 is 4.79 Å². The van der Waals surface area contributed by atoms with Gasteiger partial charge in [-0.3, -0.25) is 9.79 Å². The summed E-state index contributed by atoms with van der Waals surface area (Å²) in [5, 5.41) is 3.31. The molecule has 1 N–H and O–H groups in total. The van der Waals surface area contributed by atoms with E-state index in [1.54, 1.807) is 0 Å². The van der Waals surface area contributed by atoms with Crippen LogP contribution in [0.5, 0.6) is 0 Å². The number of nitrogens with zero attached hydrogens (tertiary/aromatic N) is 1. The van der Waals surface area contributed by atoms with E-state index in [1.165, 1.54) is 18.6 Å². The van der Waals surface area contributed by atoms with E-state index >= 15 is 0 Å². The highest BCUT2D eigenvalue weighted by Crippen LogP contribution is 2.52. The van der Waals surface area contributed by atoms with Crippen LogP contribution in [0.3, 0.4) is 0 Å². The lowest BCUT2D eigenvalue weighted by molar-refractivity contribution is -0.126. The number of hydrogen-bond acceptors (Lipinski definition) is 3. The van der Waals surface area contributed by atoms with Crippen molar-refractivity contribution in [1.29, 1.82) is 0 Å². The molecule has 112 valence electrons. The molecule has 4 rings (SSSR count). The lowest BCUT2D eigenvalue weighted by Gasteiger charge is -2.38. The Morgan fingerprint density at radius 3 is 3.00 bits per heavy atom. The molecule has 3 atom stereocenters. The molecular weight excluding hydrogens is 280 g/mol. The van der Waals surface area contributed by atoms with Crippen molar-refractivity contribution in [2.75, 3.05) is 12.3 Å². The van der Waals surface area contributed by atoms with Crippen molar-refractivity contribution in [3.8, 4) is 0 Å². The van der Waals surface area contributed by atoms with Gasteiger partial charge in [0.2, 0.25) is 5.91 Å². The Morgan fingerprint density at radius 1 is 1.29 bits per heavy atom. The van der Waals surface area contributed by atoms with Crippen LogP contribution in [-0.2, 0) is 4.79 Å². The molecule has 2 aliphatic heterocycles. The van der Waals surface area contributed by atoms with E-state index in [0.29, 0.717) is 17.9 Å². The van der Waals surface area contributed by atoms with E-state index in [9.17, 15) is 4.79 Å². The summed E-state index contributed by atoms with van der Waals surface area (Å²) in [6, 6.07) is 0.428. The Hall–Kier alpha value is -1.03. The molecule has 3 nitrogen and oxygen atoms in total. The number of allylic oxidation sites excluding steroid dienone is 3. The molecule has 0 aromatic rings. The molecule has 4 heteroatoms. The zero-order chi connectivity index (χ0) is 14.3. The van der Waals surface area contributed by atoms with Gasteiger partial charge in [0.25, 0.3) is 0 Å². The fourth-order valence-electron chi connectivity index (χ4n) is 4.30. The highest BCUT2D eigenvalue weighted by Gasteiger charge is 2.54. The quantitative estimate of drug-likeness (QED) is 0.852. The summed E-state index contributed by atoms with van der Waals surface area (Å²) in [6.07, 6.45) is 14.5. The summed E-state index contributed by atoms with van der Waals surface area (Å²) in [4.78, 5) is 17.4. The normalized spacial score (nSPS) is 38.0. The van der Waals surface area contributed by atoms with Crippen molar-refractivity contribution in [3.05, 3.63) is 24.3 Å². The summed E-state index contributed by atoms with van der Waals surface area (Å²) in [6.45, 7) is 0.869. The maximum absolute atomic E-state index is 12.7. The minimum atomic E-state index is -0.0231. The summed E-state index contributed by atoms with van der Waals surface area (Å²) < 4.78 is -0.0231. The van der Waals surface area contributed by atoms with Gasteiger partial charge in [-0.25, -0.2) is 0 Å². The highest BCUT2D eigenvalue weighted by atomic mass is 32.2. The molecule has 1 spiro atoms. The molecule has 2 aliphatic carbocycles. The van der Waals surface area contributed by atoms with Crippen LogP contribution in [0.2, 0.25) is 0 Å². The van der Waals surface area contributed by atoms with Crippen LogP contribution in [0, 0.1) is 11.8 Å². The molecule has 0 aromatic heterocycles. The van der Waals surface area contributed by atoms with Gasteiger partial charge in [-0.15, -0.1) is 11.8 Å². The number of amides is 1. The first-order chi connectivity index (χ1) is 10.3. The maximum Gasteiger partial charge on any atom is 0.224 e. The highest BCUT2D eigenvalue weighted by molar-refractivity contribution is 8.02. The van der Waals surface area contributed by atoms with Crippen LogP contribution in [-0.4, -0.2) is 34.7 Å². The molecule has 0 bridgehead atoms. The second-order valence-electron chi connectivity index (χ2n) is 6.58. The summed E-state index contributed by atoms with van der Waals surface area (Å²) in [5.74, 6) is 1.79. The molecule has 2 fully saturated rings. The molecule has 0 aromatic carbocycles. The number of thioether (sulfide) groups is 1. The molecule has 1 amide bonds. The third kappa shape index (κ3) is 2.19. The molecule has 3 unspecified atom stereocenters. The van der Waals surface area contributed by atoms with E-state index < -0.39 is 0 Å². The van der Waals surface area contributed by atoms with Crippen molar-refractivity contribution >= 4 is 23.4 Å². The topological polar surface area (TPSA) is 41.5 Å². The molecule has 0 radical (unpaired) electrons. The van der Waals surface area contributed by atoms with Gasteiger partial charge in [0.05, 0.1) is 16.4 Å². The standard InChI is InChI=1S/C17H22N2OS/c20-16(19-12-5-1-2-6-12)13-11-21-17-9-4-3-7-15(17)18-10-8-14(13)17/h3-4,7,9,12-14H,1-2,5-6,8,10-11H2,(H,19,20). The zero-order valence-electron chi connectivity index (χ0n) is 12.3. The van der Waals surface area contributed by atoms with Gasteiger partial charge in [0, 0.05) is 18.3 Å². The minimum Gasteiger partial charge on any atom is -0.353 e. The molecule has 21 heavy (non-hydrogen) atoms. The molecular formula is C17H22N2OS. The monoisotopic (exact) mass is 302 g/mol. The van der Waals surface area contributed by atoms with Crippen LogP contribution in [0.15, 0.2) is 29.3 Å². The summed E-state index contributed by atoms with van der Waals surface area (Å²) in [7, 11) is 0. The van der Waals surface area contributed by atoms with Crippen LogP contribution in [0.4, 0.5) is 0 Å². The Morgan fingerprint density at radius 2 is 2.14 bits per heavy atom. The van der Waals surface area contributed by atoms with Crippen LogP contribution < -0.4 is 5.32 Å². The first-order valence-electron chi connectivity index (χ1n) is 8.15. The summed E-state index contributed by atoms with van der Waals surface area (Å²) >= 11 is 1.92. The fourth-order valence-corrected chi connectivity index (χ4v) is 6.09. The van der Waals surface area contributed by atoms with E-state index in [-0.39, 0.29) is 10.7 Å². The largest absolute Gasteiger partial charge is 0.353 e. The van der Waals surface area contributed by atoms with E-state index in [2.05, 4.69) is 29.6 Å². The number of hydrogen-bond donors (Lipinski definition) is 1. The zero-order valence-corrected chi connectivity index (χ0v) is 13.1. The number of nitrogens with one attached hydrogen (secondary N) is 1. The van der Waals surface area contributed by atoms with Gasteiger partial charge >= 0.3 is 0 Å². The Balaban J connectivity index is 1.54. The predicted octanol–water partition coefficient (Wildman–Crippen LogP) is 2.73. The van der Waals surface area contributed by atoms with Crippen molar-refractivity contribution in [1.82, 2.24) is 5.32 Å². The first kappa shape index (κ1) is 13.6. The van der Waals surface area contributed by atoms with Crippen LogP contribution in [0.1, 0.15) is 32.1 Å². The van der Waals surface area contributed by atoms with Crippen molar-refractivity contribution in [3.63, 3.8) is 0 Å². The average molecular weight is 302 g/mol. The molecule has 2 heterocycles. The van der Waals surface area contributed by atoms with Crippen LogP contribution >= 0.6 is 11.8 Å². The smallest absolute Gasteiger partial charge is 0.224 e. The Labute approximate surface area is 130 Å². The number of carbonyl (C=O) groups excluding carboxylic acids is 1. The van der Waals surface area contributed by atoms with Gasteiger partial charge in [-0.2, -0.15) is 0 Å². The van der Waals surface area contributed by atoms with E-state index in [0.717, 1.165) is 31.6 Å². The van der Waals surface area contributed by atoms with Gasteiger partial charge < -0.3 is 5.32 Å². The SMILES string of the molecule is O=C(NC1CCCC1)C1CSC23C=CC=CC2=NCCC13. The second-order valence-corrected chi connectivity index (χ2v) is 7.88. The third-order valence-corrected chi connectivity index (χ3v) is 7.06. The lowest BCUT2D eigenvalue weighted by atomic mass is 9.74. The van der Waals surface area contributed by atoms with E-state index in [4.69, 9.17) is 4.99 Å². The van der Waals surface area contributed by atoms with Crippen molar-refractivity contribution in [2.45, 2.75) is 42.9 Å². The Bertz CT molecular complexity index is 533. The summed E-state index contributed by atoms with van der Waals surface area (Å²) in [5.41, 5.74) is 1.18. The lowest BCUT2D eigenvalue weighted by Crippen LogP contribution is -2.47. The van der Waals surface area contributed by atoms with E-state index in [1.807, 2.05) is 11.8 Å². The van der Waals surface area contributed by atoms with Crippen molar-refractivity contribution in [2.24, 2.45) is 16.8 Å². The number of aliphatic imine (C=N–C) groups is 1. The first-order valence-corrected chi connectivity index (χ1v) is 9.13. The van der Waals surface area contributed by atoms with Gasteiger partial charge in [-0.1, -0.05) is 31.1 Å². The maximum atomic E-state index is 12.7. The third-order valence-electron chi connectivity index (χ3n) is 5.41. The number of carbonyl (C=O) groups is 1. The Kier molecular flexibility index (Phi) is 3.44. The second kappa shape index (κ2) is 5.31. The fraction of sp³-hybridized carbons (Fsp3) is 0.647. The van der Waals surface area contributed by atoms with Gasteiger partial charge in [0.1, 0.15) is 0 Å². The molecule has 1 saturated carbocycles. The molecule has 1 saturated heterocycles. The minimum absolute atomic E-state index is 0.0231. The predicted molar refractivity (Wildman–Crippen MR) is 87.8 cm³/mol. The van der Waals surface area contributed by atoms with Gasteiger partial charge in [0.15, 0.2) is 0 Å². The van der Waals surface area contributed by atoms with Crippen LogP contribution in [0.25, 0.3) is 0 Å². The molecule has 4 aliphatic rings. The average Bonchev–Trinajstić information content (AvgIpc) is 3.13. The van der Waals surface area contributed by atoms with Gasteiger partial charge in [-0.05, 0) is 31.3 Å².